The molecule has 5 heteroatoms. The van der Waals surface area contributed by atoms with Crippen molar-refractivity contribution in [1.29, 1.82) is 0 Å². The summed E-state index contributed by atoms with van der Waals surface area (Å²) in [6.07, 6.45) is 5.47. The first kappa shape index (κ1) is 16.1. The fraction of sp³-hybridized carbons (Fsp3) is 0.562. The van der Waals surface area contributed by atoms with Gasteiger partial charge in [-0.2, -0.15) is 0 Å². The Morgan fingerprint density at radius 3 is 2.81 bits per heavy atom. The highest BCUT2D eigenvalue weighted by atomic mass is 35.5. The van der Waals surface area contributed by atoms with Crippen LogP contribution in [0, 0.1) is 0 Å². The van der Waals surface area contributed by atoms with Crippen molar-refractivity contribution in [2.45, 2.75) is 51.1 Å². The second-order valence-corrected chi connectivity index (χ2v) is 6.08. The van der Waals surface area contributed by atoms with Gasteiger partial charge in [0.2, 0.25) is 5.91 Å². The maximum absolute atomic E-state index is 12.1. The standard InChI is InChI=1S/C16H23ClN2O2/c1-11(18-13-5-3-4-6-13)9-16(20)19-14-8-7-12(17)10-15(14)21-2/h7-8,10-11,13,18H,3-6,9H2,1-2H3,(H,19,20)/t11-/m0/s1. The van der Waals surface area contributed by atoms with Gasteiger partial charge in [-0.15, -0.1) is 0 Å². The molecule has 0 saturated heterocycles. The number of carbonyl (C=O) groups excluding carboxylic acids is 1. The molecule has 0 aliphatic heterocycles. The normalized spacial score (nSPS) is 16.7. The Bertz CT molecular complexity index is 487. The van der Waals surface area contributed by atoms with Gasteiger partial charge < -0.3 is 15.4 Å². The van der Waals surface area contributed by atoms with Crippen LogP contribution >= 0.6 is 11.6 Å². The van der Waals surface area contributed by atoms with Crippen LogP contribution in [0.5, 0.6) is 5.75 Å². The molecule has 1 aromatic carbocycles. The van der Waals surface area contributed by atoms with Crippen molar-refractivity contribution >= 4 is 23.2 Å². The molecular formula is C16H23ClN2O2. The van der Waals surface area contributed by atoms with Gasteiger partial charge in [-0.05, 0) is 31.9 Å². The molecular weight excluding hydrogens is 288 g/mol. The Morgan fingerprint density at radius 2 is 2.14 bits per heavy atom. The van der Waals surface area contributed by atoms with E-state index in [-0.39, 0.29) is 11.9 Å². The molecule has 1 aliphatic carbocycles. The van der Waals surface area contributed by atoms with Crippen LogP contribution in [-0.4, -0.2) is 25.1 Å². The van der Waals surface area contributed by atoms with Crippen LogP contribution in [0.1, 0.15) is 39.0 Å². The van der Waals surface area contributed by atoms with Gasteiger partial charge in [0.1, 0.15) is 5.75 Å². The van der Waals surface area contributed by atoms with Crippen molar-refractivity contribution in [2.75, 3.05) is 12.4 Å². The molecule has 1 aromatic rings. The smallest absolute Gasteiger partial charge is 0.226 e. The number of ether oxygens (including phenoxy) is 1. The second-order valence-electron chi connectivity index (χ2n) is 5.65. The van der Waals surface area contributed by atoms with Crippen LogP contribution in [0.25, 0.3) is 0 Å². The monoisotopic (exact) mass is 310 g/mol. The first-order chi connectivity index (χ1) is 10.1. The molecule has 2 N–H and O–H groups in total. The molecule has 116 valence electrons. The molecule has 0 bridgehead atoms. The van der Waals surface area contributed by atoms with Crippen molar-refractivity contribution in [3.05, 3.63) is 23.2 Å². The number of rotatable bonds is 6. The van der Waals surface area contributed by atoms with Crippen molar-refractivity contribution in [1.82, 2.24) is 5.32 Å². The Hall–Kier alpha value is -1.26. The zero-order valence-electron chi connectivity index (χ0n) is 12.6. The number of amides is 1. The number of benzene rings is 1. The number of nitrogens with one attached hydrogen (secondary N) is 2. The van der Waals surface area contributed by atoms with Crippen LogP contribution in [0.15, 0.2) is 18.2 Å². The topological polar surface area (TPSA) is 50.4 Å². The molecule has 1 aliphatic rings. The molecule has 1 amide bonds. The number of hydrogen-bond donors (Lipinski definition) is 2. The van der Waals surface area contributed by atoms with Gasteiger partial charge in [-0.1, -0.05) is 24.4 Å². The summed E-state index contributed by atoms with van der Waals surface area (Å²) in [6, 6.07) is 5.93. The highest BCUT2D eigenvalue weighted by Crippen LogP contribution is 2.28. The summed E-state index contributed by atoms with van der Waals surface area (Å²) in [7, 11) is 1.56. The number of carbonyl (C=O) groups is 1. The molecule has 0 spiro atoms. The van der Waals surface area contributed by atoms with Gasteiger partial charge in [0.15, 0.2) is 0 Å². The predicted octanol–water partition coefficient (Wildman–Crippen LogP) is 3.60. The maximum atomic E-state index is 12.1. The summed E-state index contributed by atoms with van der Waals surface area (Å²) in [5, 5.41) is 6.99. The molecule has 0 radical (unpaired) electrons. The summed E-state index contributed by atoms with van der Waals surface area (Å²) in [5.41, 5.74) is 0.653. The van der Waals surface area contributed by atoms with Gasteiger partial charge in [0.05, 0.1) is 12.8 Å². The van der Waals surface area contributed by atoms with E-state index in [0.29, 0.717) is 28.9 Å². The Balaban J connectivity index is 1.86. The van der Waals surface area contributed by atoms with Gasteiger partial charge in [-0.25, -0.2) is 0 Å². The van der Waals surface area contributed by atoms with Crippen molar-refractivity contribution in [3.8, 4) is 5.75 Å². The Morgan fingerprint density at radius 1 is 1.43 bits per heavy atom. The lowest BCUT2D eigenvalue weighted by Gasteiger charge is -2.19. The van der Waals surface area contributed by atoms with Gasteiger partial charge in [-0.3, -0.25) is 4.79 Å². The fourth-order valence-electron chi connectivity index (χ4n) is 2.80. The number of methoxy groups -OCH3 is 1. The Kier molecular flexibility index (Phi) is 5.88. The summed E-state index contributed by atoms with van der Waals surface area (Å²) < 4.78 is 5.22. The number of anilines is 1. The van der Waals surface area contributed by atoms with Crippen LogP contribution in [0.4, 0.5) is 5.69 Å². The highest BCUT2D eigenvalue weighted by molar-refractivity contribution is 6.30. The van der Waals surface area contributed by atoms with Gasteiger partial charge in [0, 0.05) is 29.6 Å². The fourth-order valence-corrected chi connectivity index (χ4v) is 2.96. The number of halogens is 1. The van der Waals surface area contributed by atoms with Crippen LogP contribution in [-0.2, 0) is 4.79 Å². The molecule has 4 nitrogen and oxygen atoms in total. The van der Waals surface area contributed by atoms with E-state index in [1.54, 1.807) is 25.3 Å². The molecule has 0 heterocycles. The maximum Gasteiger partial charge on any atom is 0.226 e. The minimum atomic E-state index is -0.0198. The lowest BCUT2D eigenvalue weighted by molar-refractivity contribution is -0.116. The van der Waals surface area contributed by atoms with Crippen molar-refractivity contribution < 1.29 is 9.53 Å². The molecule has 1 fully saturated rings. The average molecular weight is 311 g/mol. The molecule has 0 unspecified atom stereocenters. The third-order valence-electron chi connectivity index (χ3n) is 3.80. The SMILES string of the molecule is COc1cc(Cl)ccc1NC(=O)C[C@H](C)NC1CCCC1. The van der Waals surface area contributed by atoms with Gasteiger partial charge in [0.25, 0.3) is 0 Å². The minimum absolute atomic E-state index is 0.0198. The largest absolute Gasteiger partial charge is 0.495 e. The Labute approximate surface area is 131 Å². The predicted molar refractivity (Wildman–Crippen MR) is 86.1 cm³/mol. The number of hydrogen-bond acceptors (Lipinski definition) is 3. The van der Waals surface area contributed by atoms with E-state index in [4.69, 9.17) is 16.3 Å². The lowest BCUT2D eigenvalue weighted by Crippen LogP contribution is -2.37. The molecule has 0 aromatic heterocycles. The second kappa shape index (κ2) is 7.66. The molecule has 21 heavy (non-hydrogen) atoms. The third kappa shape index (κ3) is 4.90. The molecule has 1 atom stereocenters. The van der Waals surface area contributed by atoms with Crippen LogP contribution < -0.4 is 15.4 Å². The quantitative estimate of drug-likeness (QED) is 0.844. The van der Waals surface area contributed by atoms with E-state index in [0.717, 1.165) is 0 Å². The summed E-state index contributed by atoms with van der Waals surface area (Å²) in [6.45, 7) is 2.05. The van der Waals surface area contributed by atoms with Crippen molar-refractivity contribution in [2.24, 2.45) is 0 Å². The minimum Gasteiger partial charge on any atom is -0.495 e. The van der Waals surface area contributed by atoms with Crippen LogP contribution in [0.3, 0.4) is 0 Å². The zero-order chi connectivity index (χ0) is 15.2. The summed E-state index contributed by atoms with van der Waals surface area (Å²) >= 11 is 5.91. The zero-order valence-corrected chi connectivity index (χ0v) is 13.4. The summed E-state index contributed by atoms with van der Waals surface area (Å²) in [5.74, 6) is 0.556. The lowest BCUT2D eigenvalue weighted by atomic mass is 10.1. The molecule has 1 saturated carbocycles. The average Bonchev–Trinajstić information content (AvgIpc) is 2.93. The van der Waals surface area contributed by atoms with E-state index in [1.165, 1.54) is 25.7 Å². The first-order valence-corrected chi connectivity index (χ1v) is 7.85. The van der Waals surface area contributed by atoms with E-state index >= 15 is 0 Å². The highest BCUT2D eigenvalue weighted by Gasteiger charge is 2.18. The van der Waals surface area contributed by atoms with E-state index in [9.17, 15) is 4.79 Å². The third-order valence-corrected chi connectivity index (χ3v) is 4.04. The van der Waals surface area contributed by atoms with Crippen molar-refractivity contribution in [3.63, 3.8) is 0 Å². The first-order valence-electron chi connectivity index (χ1n) is 7.48. The van der Waals surface area contributed by atoms with E-state index < -0.39 is 0 Å². The van der Waals surface area contributed by atoms with E-state index in [1.807, 2.05) is 0 Å². The van der Waals surface area contributed by atoms with Gasteiger partial charge >= 0.3 is 0 Å². The summed E-state index contributed by atoms with van der Waals surface area (Å²) in [4.78, 5) is 12.1. The molecule has 2 rings (SSSR count). The van der Waals surface area contributed by atoms with E-state index in [2.05, 4.69) is 17.6 Å². The van der Waals surface area contributed by atoms with Crippen LogP contribution in [0.2, 0.25) is 5.02 Å².